The van der Waals surface area contributed by atoms with E-state index in [9.17, 15) is 9.59 Å². The Hall–Kier alpha value is -1.88. The fourth-order valence-electron chi connectivity index (χ4n) is 2.29. The molecule has 1 aromatic carbocycles. The molecule has 1 aliphatic carbocycles. The molecule has 0 radical (unpaired) electrons. The Morgan fingerprint density at radius 1 is 1.33 bits per heavy atom. The van der Waals surface area contributed by atoms with E-state index in [1.807, 2.05) is 30.3 Å². The Morgan fingerprint density at radius 3 is 2.57 bits per heavy atom. The topological polar surface area (TPSA) is 72.6 Å². The maximum atomic E-state index is 12.5. The SMILES string of the molecule is CCOC(=O)CN(C(=O)[C@H](N)Cc1ccccc1)C1CC1. The quantitative estimate of drug-likeness (QED) is 0.764. The van der Waals surface area contributed by atoms with Crippen LogP contribution in [0.5, 0.6) is 0 Å². The highest BCUT2D eigenvalue weighted by atomic mass is 16.5. The number of carbonyl (C=O) groups excluding carboxylic acids is 2. The molecule has 1 amide bonds. The van der Waals surface area contributed by atoms with Crippen molar-refractivity contribution in [2.45, 2.75) is 38.3 Å². The second-order valence-electron chi connectivity index (χ2n) is 5.30. The van der Waals surface area contributed by atoms with E-state index in [1.165, 1.54) is 0 Å². The first-order valence-corrected chi connectivity index (χ1v) is 7.37. The van der Waals surface area contributed by atoms with E-state index >= 15 is 0 Å². The molecule has 0 aromatic heterocycles. The number of benzene rings is 1. The summed E-state index contributed by atoms with van der Waals surface area (Å²) in [6, 6.07) is 9.17. The van der Waals surface area contributed by atoms with Crippen LogP contribution in [-0.4, -0.2) is 42.0 Å². The molecule has 0 saturated heterocycles. The van der Waals surface area contributed by atoms with Crippen LogP contribution in [0.4, 0.5) is 0 Å². The van der Waals surface area contributed by atoms with Crippen LogP contribution in [0.15, 0.2) is 30.3 Å². The van der Waals surface area contributed by atoms with Gasteiger partial charge in [0, 0.05) is 6.04 Å². The third-order valence-corrected chi connectivity index (χ3v) is 3.49. The van der Waals surface area contributed by atoms with Gasteiger partial charge in [0.1, 0.15) is 6.54 Å². The van der Waals surface area contributed by atoms with Crippen molar-refractivity contribution in [2.75, 3.05) is 13.2 Å². The van der Waals surface area contributed by atoms with E-state index in [0.717, 1.165) is 18.4 Å². The van der Waals surface area contributed by atoms with Crippen LogP contribution >= 0.6 is 0 Å². The van der Waals surface area contributed by atoms with Gasteiger partial charge in [0.15, 0.2) is 0 Å². The van der Waals surface area contributed by atoms with Crippen molar-refractivity contribution in [1.82, 2.24) is 4.90 Å². The van der Waals surface area contributed by atoms with Crippen molar-refractivity contribution in [2.24, 2.45) is 5.73 Å². The Balaban J connectivity index is 1.96. The molecule has 1 fully saturated rings. The van der Waals surface area contributed by atoms with E-state index < -0.39 is 6.04 Å². The van der Waals surface area contributed by atoms with Gasteiger partial charge in [-0.2, -0.15) is 0 Å². The van der Waals surface area contributed by atoms with Gasteiger partial charge in [-0.15, -0.1) is 0 Å². The van der Waals surface area contributed by atoms with Gasteiger partial charge in [0.05, 0.1) is 12.6 Å². The lowest BCUT2D eigenvalue weighted by atomic mass is 10.1. The third kappa shape index (κ3) is 4.56. The number of amides is 1. The summed E-state index contributed by atoms with van der Waals surface area (Å²) in [7, 11) is 0. The first kappa shape index (κ1) is 15.5. The van der Waals surface area contributed by atoms with Crippen LogP contribution < -0.4 is 5.73 Å². The van der Waals surface area contributed by atoms with Gasteiger partial charge >= 0.3 is 5.97 Å². The normalized spacial score (nSPS) is 15.3. The van der Waals surface area contributed by atoms with E-state index in [-0.39, 0.29) is 24.5 Å². The van der Waals surface area contributed by atoms with E-state index in [4.69, 9.17) is 10.5 Å². The highest BCUT2D eigenvalue weighted by Crippen LogP contribution is 2.27. The molecule has 1 atom stereocenters. The molecule has 2 N–H and O–H groups in total. The average molecular weight is 290 g/mol. The lowest BCUT2D eigenvalue weighted by molar-refractivity contribution is -0.149. The standard InChI is InChI=1S/C16H22N2O3/c1-2-21-15(19)11-18(13-8-9-13)16(20)14(17)10-12-6-4-3-5-7-12/h3-7,13-14H,2,8-11,17H2,1H3/t14-/m1/s1. The van der Waals surface area contributed by atoms with Crippen molar-refractivity contribution in [3.05, 3.63) is 35.9 Å². The van der Waals surface area contributed by atoms with Crippen LogP contribution in [0.1, 0.15) is 25.3 Å². The highest BCUT2D eigenvalue weighted by molar-refractivity contribution is 5.86. The van der Waals surface area contributed by atoms with Crippen LogP contribution in [0.3, 0.4) is 0 Å². The van der Waals surface area contributed by atoms with Crippen molar-refractivity contribution in [3.63, 3.8) is 0 Å². The van der Waals surface area contributed by atoms with Crippen LogP contribution in [0, 0.1) is 0 Å². The van der Waals surface area contributed by atoms with Crippen LogP contribution in [0.2, 0.25) is 0 Å². The molecule has 1 saturated carbocycles. The Kier molecular flexibility index (Phi) is 5.33. The van der Waals surface area contributed by atoms with E-state index in [2.05, 4.69) is 0 Å². The summed E-state index contributed by atoms with van der Waals surface area (Å²) in [6.07, 6.45) is 2.35. The second-order valence-corrected chi connectivity index (χ2v) is 5.30. The molecule has 1 aromatic rings. The summed E-state index contributed by atoms with van der Waals surface area (Å²) in [5, 5.41) is 0. The lowest BCUT2D eigenvalue weighted by Crippen LogP contribution is -2.48. The van der Waals surface area contributed by atoms with Crippen molar-refractivity contribution >= 4 is 11.9 Å². The molecule has 114 valence electrons. The summed E-state index contributed by atoms with van der Waals surface area (Å²) in [5.74, 6) is -0.543. The maximum Gasteiger partial charge on any atom is 0.325 e. The Morgan fingerprint density at radius 2 is 2.00 bits per heavy atom. The zero-order valence-corrected chi connectivity index (χ0v) is 12.3. The monoisotopic (exact) mass is 290 g/mol. The predicted octanol–water partition coefficient (Wildman–Crippen LogP) is 1.11. The molecule has 0 aliphatic heterocycles. The molecule has 5 nitrogen and oxygen atoms in total. The smallest absolute Gasteiger partial charge is 0.325 e. The maximum absolute atomic E-state index is 12.5. The van der Waals surface area contributed by atoms with Gasteiger partial charge in [0.2, 0.25) is 5.91 Å². The molecule has 0 unspecified atom stereocenters. The number of rotatable bonds is 7. The molecular weight excluding hydrogens is 268 g/mol. The van der Waals surface area contributed by atoms with Gasteiger partial charge < -0.3 is 15.4 Å². The molecule has 0 spiro atoms. The van der Waals surface area contributed by atoms with Crippen molar-refractivity contribution < 1.29 is 14.3 Å². The van der Waals surface area contributed by atoms with Crippen molar-refractivity contribution in [3.8, 4) is 0 Å². The number of ether oxygens (including phenoxy) is 1. The fraction of sp³-hybridized carbons (Fsp3) is 0.500. The lowest BCUT2D eigenvalue weighted by Gasteiger charge is -2.24. The summed E-state index contributed by atoms with van der Waals surface area (Å²) in [5.41, 5.74) is 7.04. The van der Waals surface area contributed by atoms with Gasteiger partial charge in [-0.1, -0.05) is 30.3 Å². The zero-order chi connectivity index (χ0) is 15.2. The van der Waals surface area contributed by atoms with E-state index in [0.29, 0.717) is 13.0 Å². The number of hydrogen-bond acceptors (Lipinski definition) is 4. The van der Waals surface area contributed by atoms with Gasteiger partial charge in [-0.25, -0.2) is 0 Å². The number of esters is 1. The minimum absolute atomic E-state index is 0.000169. The Labute approximate surface area is 125 Å². The van der Waals surface area contributed by atoms with E-state index in [1.54, 1.807) is 11.8 Å². The van der Waals surface area contributed by atoms with Gasteiger partial charge in [-0.05, 0) is 31.7 Å². The largest absolute Gasteiger partial charge is 0.465 e. The summed E-state index contributed by atoms with van der Waals surface area (Å²) in [6.45, 7) is 2.07. The third-order valence-electron chi connectivity index (χ3n) is 3.49. The molecule has 5 heteroatoms. The molecule has 21 heavy (non-hydrogen) atoms. The highest BCUT2D eigenvalue weighted by Gasteiger charge is 2.36. The number of carbonyl (C=O) groups is 2. The molecule has 0 bridgehead atoms. The molecule has 1 aliphatic rings. The minimum atomic E-state index is -0.623. The minimum Gasteiger partial charge on any atom is -0.465 e. The number of hydrogen-bond donors (Lipinski definition) is 1. The summed E-state index contributed by atoms with van der Waals surface area (Å²) < 4.78 is 4.92. The number of nitrogens with zero attached hydrogens (tertiary/aromatic N) is 1. The first-order valence-electron chi connectivity index (χ1n) is 7.37. The summed E-state index contributed by atoms with van der Waals surface area (Å²) in [4.78, 5) is 25.7. The zero-order valence-electron chi connectivity index (χ0n) is 12.3. The second kappa shape index (κ2) is 7.22. The Bertz CT molecular complexity index is 486. The van der Waals surface area contributed by atoms with Crippen LogP contribution in [0.25, 0.3) is 0 Å². The molecule has 0 heterocycles. The average Bonchev–Trinajstić information content (AvgIpc) is 3.30. The first-order chi connectivity index (χ1) is 10.1. The number of nitrogens with two attached hydrogens (primary N) is 1. The predicted molar refractivity (Wildman–Crippen MR) is 79.5 cm³/mol. The molecule has 2 rings (SSSR count). The van der Waals surface area contributed by atoms with Gasteiger partial charge in [0.25, 0.3) is 0 Å². The van der Waals surface area contributed by atoms with Gasteiger partial charge in [-0.3, -0.25) is 9.59 Å². The summed E-state index contributed by atoms with van der Waals surface area (Å²) >= 11 is 0. The fourth-order valence-corrected chi connectivity index (χ4v) is 2.29. The van der Waals surface area contributed by atoms with Crippen LogP contribution in [-0.2, 0) is 20.7 Å². The van der Waals surface area contributed by atoms with Crippen molar-refractivity contribution in [1.29, 1.82) is 0 Å². The molecular formula is C16H22N2O3.